The third kappa shape index (κ3) is 3.54. The van der Waals surface area contributed by atoms with Gasteiger partial charge < -0.3 is 5.32 Å². The Kier molecular flexibility index (Phi) is 5.06. The molecule has 0 unspecified atom stereocenters. The summed E-state index contributed by atoms with van der Waals surface area (Å²) in [5, 5.41) is 4.93. The van der Waals surface area contributed by atoms with Crippen molar-refractivity contribution in [2.24, 2.45) is 0 Å². The van der Waals surface area contributed by atoms with E-state index in [1.165, 1.54) is 17.7 Å². The number of amides is 1. The molecule has 0 saturated carbocycles. The van der Waals surface area contributed by atoms with Crippen molar-refractivity contribution in [1.29, 1.82) is 0 Å². The van der Waals surface area contributed by atoms with E-state index in [2.05, 4.69) is 24.4 Å². The summed E-state index contributed by atoms with van der Waals surface area (Å²) in [6.07, 6.45) is 0.964. The molecule has 2 nitrogen and oxygen atoms in total. The maximum absolute atomic E-state index is 13.9. The fourth-order valence-electron chi connectivity index (χ4n) is 2.57. The van der Waals surface area contributed by atoms with E-state index >= 15 is 0 Å². The standard InChI is InChI=1S/C20H18FNOS/c1-2-14-9-11-15(12-10-14)19(18-8-5-13-24-18)22-20(23)16-6-3-4-7-17(16)21/h3-13,19H,2H2,1H3,(H,22,23)/t19-/m1/s1. The van der Waals surface area contributed by atoms with Crippen LogP contribution in [0.5, 0.6) is 0 Å². The molecule has 0 bridgehead atoms. The van der Waals surface area contributed by atoms with Crippen LogP contribution in [0.2, 0.25) is 0 Å². The molecule has 1 N–H and O–H groups in total. The van der Waals surface area contributed by atoms with Gasteiger partial charge in [0.25, 0.3) is 5.91 Å². The van der Waals surface area contributed by atoms with Crippen LogP contribution in [0.15, 0.2) is 66.0 Å². The Hall–Kier alpha value is -2.46. The second-order valence-corrected chi connectivity index (χ2v) is 6.48. The van der Waals surface area contributed by atoms with Crippen LogP contribution in [0, 0.1) is 5.82 Å². The van der Waals surface area contributed by atoms with Gasteiger partial charge in [0, 0.05) is 4.88 Å². The van der Waals surface area contributed by atoms with Crippen LogP contribution < -0.4 is 5.32 Å². The van der Waals surface area contributed by atoms with Gasteiger partial charge in [0.05, 0.1) is 11.6 Å². The Morgan fingerprint density at radius 3 is 2.46 bits per heavy atom. The van der Waals surface area contributed by atoms with Crippen molar-refractivity contribution >= 4 is 17.2 Å². The molecule has 0 spiro atoms. The lowest BCUT2D eigenvalue weighted by Crippen LogP contribution is -2.29. The predicted molar refractivity (Wildman–Crippen MR) is 95.8 cm³/mol. The summed E-state index contributed by atoms with van der Waals surface area (Å²) in [5.74, 6) is -0.924. The Morgan fingerprint density at radius 2 is 1.83 bits per heavy atom. The Morgan fingerprint density at radius 1 is 1.08 bits per heavy atom. The van der Waals surface area contributed by atoms with Crippen LogP contribution in [0.25, 0.3) is 0 Å². The van der Waals surface area contributed by atoms with Crippen molar-refractivity contribution in [3.63, 3.8) is 0 Å². The predicted octanol–water partition coefficient (Wildman–Crippen LogP) is 4.97. The van der Waals surface area contributed by atoms with Crippen LogP contribution >= 0.6 is 11.3 Å². The Bertz CT molecular complexity index is 812. The van der Waals surface area contributed by atoms with E-state index in [0.29, 0.717) is 0 Å². The number of hydrogen-bond acceptors (Lipinski definition) is 2. The number of halogens is 1. The molecule has 0 aliphatic heterocycles. The molecule has 1 atom stereocenters. The minimum atomic E-state index is -0.513. The number of carbonyl (C=O) groups is 1. The first kappa shape index (κ1) is 16.4. The first-order valence-corrected chi connectivity index (χ1v) is 8.74. The van der Waals surface area contributed by atoms with Gasteiger partial charge in [-0.15, -0.1) is 11.3 Å². The van der Waals surface area contributed by atoms with Gasteiger partial charge in [0.15, 0.2) is 0 Å². The van der Waals surface area contributed by atoms with E-state index in [4.69, 9.17) is 0 Å². The highest BCUT2D eigenvalue weighted by atomic mass is 32.1. The molecule has 1 heterocycles. The minimum absolute atomic E-state index is 0.0595. The monoisotopic (exact) mass is 339 g/mol. The molecule has 4 heteroatoms. The fourth-order valence-corrected chi connectivity index (χ4v) is 3.38. The number of aryl methyl sites for hydroxylation is 1. The first-order valence-electron chi connectivity index (χ1n) is 7.86. The molecule has 0 saturated heterocycles. The van der Waals surface area contributed by atoms with Gasteiger partial charge in [0.1, 0.15) is 5.82 Å². The summed E-state index contributed by atoms with van der Waals surface area (Å²) in [7, 11) is 0. The van der Waals surface area contributed by atoms with Crippen molar-refractivity contribution in [3.8, 4) is 0 Å². The lowest BCUT2D eigenvalue weighted by atomic mass is 10.0. The summed E-state index contributed by atoms with van der Waals surface area (Å²) in [4.78, 5) is 13.5. The Labute approximate surface area is 145 Å². The molecule has 0 aliphatic carbocycles. The maximum atomic E-state index is 13.9. The third-order valence-electron chi connectivity index (χ3n) is 3.94. The normalized spacial score (nSPS) is 11.9. The second kappa shape index (κ2) is 7.41. The smallest absolute Gasteiger partial charge is 0.255 e. The molecule has 0 radical (unpaired) electrons. The highest BCUT2D eigenvalue weighted by molar-refractivity contribution is 7.10. The second-order valence-electron chi connectivity index (χ2n) is 5.50. The van der Waals surface area contributed by atoms with Crippen LogP contribution in [-0.4, -0.2) is 5.91 Å². The molecule has 1 aromatic heterocycles. The lowest BCUT2D eigenvalue weighted by molar-refractivity contribution is 0.0939. The maximum Gasteiger partial charge on any atom is 0.255 e. The zero-order valence-electron chi connectivity index (χ0n) is 13.3. The van der Waals surface area contributed by atoms with Gasteiger partial charge >= 0.3 is 0 Å². The summed E-state index contributed by atoms with van der Waals surface area (Å²) in [6.45, 7) is 2.10. The topological polar surface area (TPSA) is 29.1 Å². The summed E-state index contributed by atoms with van der Waals surface area (Å²) < 4.78 is 13.9. The van der Waals surface area contributed by atoms with Crippen LogP contribution in [-0.2, 0) is 6.42 Å². The van der Waals surface area contributed by atoms with Crippen molar-refractivity contribution in [2.75, 3.05) is 0 Å². The van der Waals surface area contributed by atoms with Crippen molar-refractivity contribution < 1.29 is 9.18 Å². The molecule has 24 heavy (non-hydrogen) atoms. The average Bonchev–Trinajstić information content (AvgIpc) is 3.14. The van der Waals surface area contributed by atoms with Gasteiger partial charge in [0.2, 0.25) is 0 Å². The molecule has 0 fully saturated rings. The highest BCUT2D eigenvalue weighted by Crippen LogP contribution is 2.27. The van der Waals surface area contributed by atoms with Crippen molar-refractivity contribution in [3.05, 3.63) is 93.4 Å². The molecule has 3 rings (SSSR count). The Balaban J connectivity index is 1.91. The molecule has 1 amide bonds. The van der Waals surface area contributed by atoms with Gasteiger partial charge in [-0.25, -0.2) is 4.39 Å². The van der Waals surface area contributed by atoms with E-state index in [1.807, 2.05) is 29.6 Å². The van der Waals surface area contributed by atoms with Crippen LogP contribution in [0.4, 0.5) is 4.39 Å². The largest absolute Gasteiger partial charge is 0.340 e. The molecular weight excluding hydrogens is 321 g/mol. The summed E-state index contributed by atoms with van der Waals surface area (Å²) >= 11 is 1.57. The quantitative estimate of drug-likeness (QED) is 0.699. The van der Waals surface area contributed by atoms with E-state index in [1.54, 1.807) is 23.5 Å². The van der Waals surface area contributed by atoms with E-state index in [9.17, 15) is 9.18 Å². The average molecular weight is 339 g/mol. The number of nitrogens with one attached hydrogen (secondary N) is 1. The highest BCUT2D eigenvalue weighted by Gasteiger charge is 2.20. The summed E-state index contributed by atoms with van der Waals surface area (Å²) in [6, 6.07) is 17.8. The van der Waals surface area contributed by atoms with E-state index < -0.39 is 11.7 Å². The number of carbonyl (C=O) groups excluding carboxylic acids is 1. The number of benzene rings is 2. The first-order chi connectivity index (χ1) is 11.7. The summed E-state index contributed by atoms with van der Waals surface area (Å²) in [5.41, 5.74) is 2.28. The molecular formula is C20H18FNOS. The van der Waals surface area contributed by atoms with Gasteiger partial charge in [-0.1, -0.05) is 49.4 Å². The molecule has 2 aromatic carbocycles. The molecule has 0 aliphatic rings. The van der Waals surface area contributed by atoms with Crippen molar-refractivity contribution in [1.82, 2.24) is 5.32 Å². The number of rotatable bonds is 5. The van der Waals surface area contributed by atoms with E-state index in [0.717, 1.165) is 16.9 Å². The van der Waals surface area contributed by atoms with Gasteiger partial charge in [-0.2, -0.15) is 0 Å². The third-order valence-corrected chi connectivity index (χ3v) is 4.88. The van der Waals surface area contributed by atoms with Crippen LogP contribution in [0.1, 0.15) is 39.3 Å². The molecule has 3 aromatic rings. The van der Waals surface area contributed by atoms with Gasteiger partial charge in [-0.05, 0) is 41.1 Å². The number of thiophene rings is 1. The molecule has 122 valence electrons. The lowest BCUT2D eigenvalue weighted by Gasteiger charge is -2.19. The minimum Gasteiger partial charge on any atom is -0.340 e. The zero-order valence-corrected chi connectivity index (χ0v) is 14.1. The number of hydrogen-bond donors (Lipinski definition) is 1. The van der Waals surface area contributed by atoms with Crippen LogP contribution in [0.3, 0.4) is 0 Å². The fraction of sp³-hybridized carbons (Fsp3) is 0.150. The SMILES string of the molecule is CCc1ccc([C@@H](NC(=O)c2ccccc2F)c2cccs2)cc1. The zero-order chi connectivity index (χ0) is 16.9. The van der Waals surface area contributed by atoms with E-state index in [-0.39, 0.29) is 11.6 Å². The van der Waals surface area contributed by atoms with Gasteiger partial charge in [-0.3, -0.25) is 4.79 Å². The van der Waals surface area contributed by atoms with Crippen molar-refractivity contribution in [2.45, 2.75) is 19.4 Å².